The molecule has 0 amide bonds. The molecule has 3 aliphatic rings. The Balaban J connectivity index is 1.97. The zero-order valence-electron chi connectivity index (χ0n) is 7.79. The summed E-state index contributed by atoms with van der Waals surface area (Å²) in [5, 5.41) is 9.83. The highest BCUT2D eigenvalue weighted by Gasteiger charge is 2.59. The summed E-state index contributed by atoms with van der Waals surface area (Å²) < 4.78 is 0. The van der Waals surface area contributed by atoms with Crippen LogP contribution < -0.4 is 0 Å². The Morgan fingerprint density at radius 3 is 2.83 bits per heavy atom. The molecule has 3 rings (SSSR count). The molecule has 0 aliphatic heterocycles. The Hall–Kier alpha value is -0.0400. The fourth-order valence-corrected chi connectivity index (χ4v) is 4.49. The highest BCUT2D eigenvalue weighted by atomic mass is 16.3. The minimum absolute atomic E-state index is 0.0503. The summed E-state index contributed by atoms with van der Waals surface area (Å²) in [6.45, 7) is 2.41. The van der Waals surface area contributed by atoms with E-state index in [9.17, 15) is 5.11 Å². The molecule has 0 spiro atoms. The lowest BCUT2D eigenvalue weighted by atomic mass is 9.72. The van der Waals surface area contributed by atoms with Gasteiger partial charge in [0.25, 0.3) is 0 Å². The largest absolute Gasteiger partial charge is 0.393 e. The van der Waals surface area contributed by atoms with E-state index in [1.807, 2.05) is 0 Å². The number of aliphatic hydroxyl groups excluding tert-OH is 1. The van der Waals surface area contributed by atoms with Crippen molar-refractivity contribution in [1.29, 1.82) is 0 Å². The average molecular weight is 166 g/mol. The van der Waals surface area contributed by atoms with Crippen molar-refractivity contribution in [3.05, 3.63) is 0 Å². The Bertz CT molecular complexity index is 213. The first-order chi connectivity index (χ1) is 5.71. The third kappa shape index (κ3) is 0.693. The first-order valence-corrected chi connectivity index (χ1v) is 5.39. The van der Waals surface area contributed by atoms with Crippen molar-refractivity contribution in [2.75, 3.05) is 0 Å². The summed E-state index contributed by atoms with van der Waals surface area (Å²) in [6.07, 6.45) is 6.75. The Morgan fingerprint density at radius 1 is 1.17 bits per heavy atom. The molecule has 3 aliphatic carbocycles. The molecule has 0 aromatic carbocycles. The van der Waals surface area contributed by atoms with Crippen LogP contribution in [-0.2, 0) is 0 Å². The Morgan fingerprint density at radius 2 is 2.00 bits per heavy atom. The first-order valence-electron chi connectivity index (χ1n) is 5.39. The molecular weight excluding hydrogens is 148 g/mol. The smallest absolute Gasteiger partial charge is 0.0576 e. The van der Waals surface area contributed by atoms with E-state index in [-0.39, 0.29) is 6.10 Å². The molecule has 3 fully saturated rings. The first kappa shape index (κ1) is 7.37. The Kier molecular flexibility index (Phi) is 1.27. The normalized spacial score (nSPS) is 62.5. The van der Waals surface area contributed by atoms with Crippen LogP contribution in [0.5, 0.6) is 0 Å². The molecule has 3 saturated carbocycles. The quantitative estimate of drug-likeness (QED) is 0.585. The molecule has 0 heterocycles. The van der Waals surface area contributed by atoms with Crippen LogP contribution in [0.4, 0.5) is 0 Å². The molecule has 0 saturated heterocycles. The number of aliphatic hydroxyl groups is 1. The van der Waals surface area contributed by atoms with Crippen molar-refractivity contribution >= 4 is 0 Å². The van der Waals surface area contributed by atoms with Crippen LogP contribution in [0.15, 0.2) is 0 Å². The molecular formula is C11H18O. The van der Waals surface area contributed by atoms with Crippen LogP contribution in [0.1, 0.15) is 39.0 Å². The second-order valence-electron chi connectivity index (χ2n) is 5.49. The van der Waals surface area contributed by atoms with Gasteiger partial charge in [-0.1, -0.05) is 13.3 Å². The molecule has 12 heavy (non-hydrogen) atoms. The van der Waals surface area contributed by atoms with Crippen LogP contribution >= 0.6 is 0 Å². The van der Waals surface area contributed by atoms with Crippen molar-refractivity contribution in [1.82, 2.24) is 0 Å². The van der Waals surface area contributed by atoms with E-state index < -0.39 is 0 Å². The van der Waals surface area contributed by atoms with E-state index in [0.717, 1.165) is 18.3 Å². The third-order valence-electron chi connectivity index (χ3n) is 4.89. The maximum Gasteiger partial charge on any atom is 0.0576 e. The predicted molar refractivity (Wildman–Crippen MR) is 47.7 cm³/mol. The molecule has 2 bridgehead atoms. The molecule has 0 aromatic heterocycles. The number of rotatable bonds is 0. The van der Waals surface area contributed by atoms with E-state index in [2.05, 4.69) is 6.92 Å². The molecule has 0 radical (unpaired) electrons. The predicted octanol–water partition coefficient (Wildman–Crippen LogP) is 2.19. The van der Waals surface area contributed by atoms with Gasteiger partial charge in [0, 0.05) is 0 Å². The van der Waals surface area contributed by atoms with Crippen LogP contribution in [0, 0.1) is 23.2 Å². The fraction of sp³-hybridized carbons (Fsp3) is 1.00. The van der Waals surface area contributed by atoms with Crippen LogP contribution in [0.3, 0.4) is 0 Å². The minimum atomic E-state index is 0.0503. The van der Waals surface area contributed by atoms with Crippen LogP contribution in [0.2, 0.25) is 0 Å². The molecule has 0 aromatic rings. The number of hydrogen-bond acceptors (Lipinski definition) is 1. The maximum absolute atomic E-state index is 9.83. The highest BCUT2D eigenvalue weighted by Crippen LogP contribution is 2.65. The lowest BCUT2D eigenvalue weighted by molar-refractivity contribution is 0.0402. The summed E-state index contributed by atoms with van der Waals surface area (Å²) in [5.41, 5.74) is 0.533. The van der Waals surface area contributed by atoms with Crippen molar-refractivity contribution in [2.24, 2.45) is 23.2 Å². The minimum Gasteiger partial charge on any atom is -0.393 e. The van der Waals surface area contributed by atoms with Gasteiger partial charge in [-0.2, -0.15) is 0 Å². The number of hydrogen-bond donors (Lipinski definition) is 1. The van der Waals surface area contributed by atoms with E-state index in [4.69, 9.17) is 0 Å². The second kappa shape index (κ2) is 2.06. The molecule has 1 heteroatoms. The van der Waals surface area contributed by atoms with Crippen LogP contribution in [0.25, 0.3) is 0 Å². The molecule has 68 valence electrons. The zero-order chi connectivity index (χ0) is 8.34. The van der Waals surface area contributed by atoms with Gasteiger partial charge < -0.3 is 5.11 Å². The standard InChI is InChI=1S/C11H18O/c1-11-5-8(10(12)6-11)7-3-2-4-9(7)11/h7-10,12H,2-6H2,1H3. The molecule has 1 N–H and O–H groups in total. The topological polar surface area (TPSA) is 20.2 Å². The summed E-state index contributed by atoms with van der Waals surface area (Å²) in [4.78, 5) is 0. The van der Waals surface area contributed by atoms with Crippen molar-refractivity contribution in [2.45, 2.75) is 45.1 Å². The van der Waals surface area contributed by atoms with Gasteiger partial charge in [-0.3, -0.25) is 0 Å². The van der Waals surface area contributed by atoms with Gasteiger partial charge >= 0.3 is 0 Å². The van der Waals surface area contributed by atoms with E-state index in [1.54, 1.807) is 0 Å². The van der Waals surface area contributed by atoms with Gasteiger partial charge in [-0.05, 0) is 48.9 Å². The third-order valence-corrected chi connectivity index (χ3v) is 4.89. The van der Waals surface area contributed by atoms with E-state index in [0.29, 0.717) is 11.3 Å². The lowest BCUT2D eigenvalue weighted by Crippen LogP contribution is -2.32. The van der Waals surface area contributed by atoms with Crippen LogP contribution in [-0.4, -0.2) is 11.2 Å². The summed E-state index contributed by atoms with van der Waals surface area (Å²) in [5.74, 6) is 2.56. The van der Waals surface area contributed by atoms with Crippen molar-refractivity contribution in [3.63, 3.8) is 0 Å². The summed E-state index contributed by atoms with van der Waals surface area (Å²) >= 11 is 0. The van der Waals surface area contributed by atoms with Gasteiger partial charge in [-0.15, -0.1) is 0 Å². The van der Waals surface area contributed by atoms with Gasteiger partial charge in [0.2, 0.25) is 0 Å². The van der Waals surface area contributed by atoms with Gasteiger partial charge in [0.1, 0.15) is 0 Å². The zero-order valence-corrected chi connectivity index (χ0v) is 7.79. The SMILES string of the molecule is CC12CC(O)C(C1)C1CCCC12. The second-order valence-corrected chi connectivity index (χ2v) is 5.49. The fourth-order valence-electron chi connectivity index (χ4n) is 4.49. The van der Waals surface area contributed by atoms with Crippen molar-refractivity contribution in [3.8, 4) is 0 Å². The van der Waals surface area contributed by atoms with Gasteiger partial charge in [0.05, 0.1) is 6.10 Å². The monoisotopic (exact) mass is 166 g/mol. The molecule has 5 atom stereocenters. The maximum atomic E-state index is 9.83. The molecule has 1 nitrogen and oxygen atoms in total. The average Bonchev–Trinajstić information content (AvgIpc) is 2.57. The van der Waals surface area contributed by atoms with Gasteiger partial charge in [-0.25, -0.2) is 0 Å². The van der Waals surface area contributed by atoms with E-state index >= 15 is 0 Å². The molecule has 5 unspecified atom stereocenters. The number of fused-ring (bicyclic) bond motifs is 5. The summed E-state index contributed by atoms with van der Waals surface area (Å²) in [7, 11) is 0. The van der Waals surface area contributed by atoms with Gasteiger partial charge in [0.15, 0.2) is 0 Å². The lowest BCUT2D eigenvalue weighted by Gasteiger charge is -2.34. The highest BCUT2D eigenvalue weighted by molar-refractivity contribution is 5.09. The van der Waals surface area contributed by atoms with Crippen molar-refractivity contribution < 1.29 is 5.11 Å². The Labute approximate surface area is 74.2 Å². The van der Waals surface area contributed by atoms with E-state index in [1.165, 1.54) is 25.7 Å². The summed E-state index contributed by atoms with van der Waals surface area (Å²) in [6, 6.07) is 0.